The van der Waals surface area contributed by atoms with E-state index in [-0.39, 0.29) is 19.8 Å². The Kier molecular flexibility index (Phi) is 8.10. The predicted molar refractivity (Wildman–Crippen MR) is 62.4 cm³/mol. The van der Waals surface area contributed by atoms with Crippen molar-refractivity contribution in [3.63, 3.8) is 0 Å². The zero-order valence-electron chi connectivity index (χ0n) is 2.99. The van der Waals surface area contributed by atoms with Crippen molar-refractivity contribution in [3.8, 4) is 0 Å². The molecule has 0 fully saturated rings. The molecule has 48 valence electrons. The molecule has 0 atom stereocenters. The quantitative estimate of drug-likeness (QED) is 0.323. The number of halogens is 3. The number of aliphatic carboxylic acids is 1. The van der Waals surface area contributed by atoms with Gasteiger partial charge in [-0.25, -0.2) is 4.79 Å². The van der Waals surface area contributed by atoms with Gasteiger partial charge in [-0.1, -0.05) is 0 Å². The van der Waals surface area contributed by atoms with E-state index in [9.17, 15) is 4.79 Å². The van der Waals surface area contributed by atoms with Crippen molar-refractivity contribution in [2.75, 3.05) is 0 Å². The van der Waals surface area contributed by atoms with Crippen LogP contribution in [0.2, 0.25) is 0 Å². The van der Waals surface area contributed by atoms with Crippen LogP contribution in [0.4, 0.5) is 0 Å². The van der Waals surface area contributed by atoms with Crippen molar-refractivity contribution in [3.05, 3.63) is 0 Å². The fourth-order valence-corrected chi connectivity index (χ4v) is 0. The second-order valence-corrected chi connectivity index (χ2v) is 11.8. The first-order chi connectivity index (χ1) is 2.94. The van der Waals surface area contributed by atoms with E-state index < -0.39 is 5.40 Å². The molecular weight excluding hydrogens is 506 g/mol. The Bertz CT molecular complexity index is 87.8. The third-order valence-electron chi connectivity index (χ3n) is 0.243. The molecule has 0 radical (unpaired) electrons. The first-order valence-electron chi connectivity index (χ1n) is 1.24. The molecule has 0 aliphatic carbocycles. The second-order valence-electron chi connectivity index (χ2n) is 0.803. The van der Waals surface area contributed by atoms with Crippen molar-refractivity contribution in [2.24, 2.45) is 0 Å². The summed E-state index contributed by atoms with van der Waals surface area (Å²) in [6.45, 7) is 0. The van der Waals surface area contributed by atoms with Crippen LogP contribution in [0.3, 0.4) is 0 Å². The molecule has 2 nitrogen and oxygen atoms in total. The van der Waals surface area contributed by atoms with Gasteiger partial charge in [0.25, 0.3) is 0 Å². The second kappa shape index (κ2) is 5.01. The maximum atomic E-state index is 10.00. The molecule has 0 unspecified atom stereocenters. The Labute approximate surface area is 101 Å². The molecule has 0 aliphatic rings. The van der Waals surface area contributed by atoms with Crippen LogP contribution in [-0.2, 0) is 4.79 Å². The van der Waals surface area contributed by atoms with Gasteiger partial charge in [0.1, 0.15) is 0 Å². The van der Waals surface area contributed by atoms with Gasteiger partial charge in [-0.05, 0) is 67.8 Å². The van der Waals surface area contributed by atoms with E-state index >= 15 is 0 Å². The Morgan fingerprint density at radius 2 is 1.50 bits per heavy atom. The van der Waals surface area contributed by atoms with Gasteiger partial charge in [-0.2, -0.15) is 0 Å². The summed E-state index contributed by atoms with van der Waals surface area (Å²) >= 11 is 5.52. The molecule has 0 aromatic carbocycles. The first-order valence-corrected chi connectivity index (χ1v) is 4.48. The summed E-state index contributed by atoms with van der Waals surface area (Å²) in [5.41, 5.74) is 0. The molecule has 0 aromatic rings. The Morgan fingerprint density at radius 3 is 1.50 bits per heavy atom. The molecule has 1 N–H and O–H groups in total. The number of carboxylic acid groups (broad SMARTS) is 1. The molecule has 0 bridgehead atoms. The number of carbonyl (C=O) groups is 1. The Hall–Kier alpha value is 2.30. The van der Waals surface area contributed by atoms with Crippen LogP contribution in [0.1, 0.15) is 0 Å². The van der Waals surface area contributed by atoms with E-state index in [1.165, 1.54) is 0 Å². The van der Waals surface area contributed by atoms with Crippen LogP contribution in [0.5, 0.6) is 0 Å². The molecule has 6 heteroatoms. The molecule has 8 heavy (non-hydrogen) atoms. The summed E-state index contributed by atoms with van der Waals surface area (Å²) < 4.78 is -0.673. The van der Waals surface area contributed by atoms with Gasteiger partial charge in [-0.3, -0.25) is 0 Å². The number of hydrogen-bond acceptors (Lipinski definition) is 1. The fraction of sp³-hybridized carbons (Fsp3) is 0.500. The van der Waals surface area contributed by atoms with E-state index in [4.69, 9.17) is 5.11 Å². The van der Waals surface area contributed by atoms with Crippen LogP contribution in [-0.4, -0.2) is 30.3 Å². The third kappa shape index (κ3) is 6.42. The summed E-state index contributed by atoms with van der Waals surface area (Å²) in [5, 5.41) is 8.23. The summed E-state index contributed by atoms with van der Waals surface area (Å²) in [5.74, 6) is -0.797. The van der Waals surface area contributed by atoms with E-state index in [2.05, 4.69) is 0 Å². The van der Waals surface area contributed by atoms with Crippen LogP contribution >= 0.6 is 67.8 Å². The molecule has 0 heterocycles. The standard InChI is InChI=1S/C2HI3O2.Ga.3H/c3-2(4,5)1(6)7;;;;/h(H,6,7);;;;. The number of hydrogen-bond donors (Lipinski definition) is 1. The molecular formula is C2H4GaI3O2. The minimum absolute atomic E-state index is 0. The summed E-state index contributed by atoms with van der Waals surface area (Å²) in [6, 6.07) is 0. The van der Waals surface area contributed by atoms with Crippen molar-refractivity contribution >= 4 is 93.5 Å². The van der Waals surface area contributed by atoms with Crippen molar-refractivity contribution in [2.45, 2.75) is -0.565 Å². The number of rotatable bonds is 1. The van der Waals surface area contributed by atoms with E-state index in [0.29, 0.717) is 0 Å². The van der Waals surface area contributed by atoms with Crippen molar-refractivity contribution < 1.29 is 9.90 Å². The summed E-state index contributed by atoms with van der Waals surface area (Å²) in [7, 11) is 0. The fourth-order valence-electron chi connectivity index (χ4n) is 0. The Morgan fingerprint density at radius 1 is 1.38 bits per heavy atom. The van der Waals surface area contributed by atoms with Gasteiger partial charge in [0, 0.05) is 0 Å². The SMILES string of the molecule is O=C(O)C(I)(I)I.[GaH3]. The molecule has 0 saturated heterocycles. The van der Waals surface area contributed by atoms with Gasteiger partial charge in [0.05, 0.1) is 0 Å². The van der Waals surface area contributed by atoms with Crippen molar-refractivity contribution in [1.82, 2.24) is 0 Å². The molecule has 0 amide bonds. The maximum absolute atomic E-state index is 10.00. The van der Waals surface area contributed by atoms with Crippen molar-refractivity contribution in [1.29, 1.82) is 0 Å². The van der Waals surface area contributed by atoms with E-state index in [1.54, 1.807) is 0 Å². The molecule has 0 aliphatic heterocycles. The number of alkyl halides is 3. The first kappa shape index (κ1) is 12.9. The zero-order valence-corrected chi connectivity index (χ0v) is 9.46. The predicted octanol–water partition coefficient (Wildman–Crippen LogP) is 0.846. The average molecular weight is 510 g/mol. The topological polar surface area (TPSA) is 37.3 Å². The van der Waals surface area contributed by atoms with Crippen LogP contribution in [0.25, 0.3) is 0 Å². The molecule has 0 saturated carbocycles. The summed E-state index contributed by atoms with van der Waals surface area (Å²) in [4.78, 5) is 10.00. The Balaban J connectivity index is 0. The van der Waals surface area contributed by atoms with Gasteiger partial charge in [-0.15, -0.1) is 0 Å². The van der Waals surface area contributed by atoms with E-state index in [1.807, 2.05) is 67.8 Å². The van der Waals surface area contributed by atoms with Crippen LogP contribution in [0, 0.1) is 0 Å². The minimum atomic E-state index is -0.797. The summed E-state index contributed by atoms with van der Waals surface area (Å²) in [6.07, 6.45) is 0. The molecule has 0 rings (SSSR count). The van der Waals surface area contributed by atoms with Gasteiger partial charge in [0.2, 0.25) is -0.565 Å². The molecule has 0 spiro atoms. The van der Waals surface area contributed by atoms with Gasteiger partial charge in [0.15, 0.2) is 0 Å². The average Bonchev–Trinajstić information content (AvgIpc) is 1.31. The zero-order chi connectivity index (χ0) is 6.08. The van der Waals surface area contributed by atoms with Crippen LogP contribution in [0.15, 0.2) is 0 Å². The van der Waals surface area contributed by atoms with Gasteiger partial charge >= 0.3 is 25.8 Å². The number of carboxylic acids is 1. The molecule has 0 aromatic heterocycles. The third-order valence-corrected chi connectivity index (χ3v) is 1.63. The monoisotopic (exact) mass is 510 g/mol. The van der Waals surface area contributed by atoms with Crippen LogP contribution < -0.4 is 0 Å². The van der Waals surface area contributed by atoms with E-state index in [0.717, 1.165) is 0 Å². The van der Waals surface area contributed by atoms with Gasteiger partial charge < -0.3 is 5.11 Å². The normalized spacial score (nSPS) is 9.88.